The fraction of sp³-hybridized carbons (Fsp3) is 0.714. The molecule has 1 aliphatic heterocycles. The molecule has 6 nitrogen and oxygen atoms in total. The van der Waals surface area contributed by atoms with E-state index in [1.165, 1.54) is 0 Å². The van der Waals surface area contributed by atoms with E-state index in [0.717, 1.165) is 44.1 Å². The molecule has 2 N–H and O–H groups in total. The zero-order valence-electron chi connectivity index (χ0n) is 12.6. The van der Waals surface area contributed by atoms with Crippen LogP contribution in [0.1, 0.15) is 25.6 Å². The number of nitrogens with one attached hydrogen (secondary N) is 2. The van der Waals surface area contributed by atoms with Crippen LogP contribution in [0.15, 0.2) is 6.07 Å². The number of rotatable bonds is 7. The van der Waals surface area contributed by atoms with E-state index < -0.39 is 0 Å². The number of likely N-dealkylation sites (tertiary alicyclic amines) is 1. The van der Waals surface area contributed by atoms with Gasteiger partial charge in [-0.05, 0) is 26.4 Å². The average molecular weight is 279 g/mol. The Balaban J connectivity index is 2.07. The maximum atomic E-state index is 5.14. The van der Waals surface area contributed by atoms with Crippen LogP contribution in [0.5, 0.6) is 0 Å². The Labute approximate surface area is 120 Å². The number of hydrogen-bond donors (Lipinski definition) is 2. The van der Waals surface area contributed by atoms with Crippen molar-refractivity contribution in [2.75, 3.05) is 44.4 Å². The van der Waals surface area contributed by atoms with Crippen LogP contribution in [0, 0.1) is 0 Å². The minimum absolute atomic E-state index is 0.431. The monoisotopic (exact) mass is 279 g/mol. The normalized spacial score (nSPS) is 19.2. The van der Waals surface area contributed by atoms with Crippen molar-refractivity contribution in [3.63, 3.8) is 0 Å². The van der Waals surface area contributed by atoms with Crippen LogP contribution >= 0.6 is 0 Å². The number of anilines is 2. The Kier molecular flexibility index (Phi) is 5.55. The Morgan fingerprint density at radius 2 is 2.20 bits per heavy atom. The lowest BCUT2D eigenvalue weighted by atomic mass is 10.2. The molecule has 6 heteroatoms. The molecule has 0 amide bonds. The van der Waals surface area contributed by atoms with Crippen molar-refractivity contribution in [1.29, 1.82) is 0 Å². The molecule has 2 heterocycles. The lowest BCUT2D eigenvalue weighted by Crippen LogP contribution is -2.24. The van der Waals surface area contributed by atoms with Gasteiger partial charge in [-0.15, -0.1) is 0 Å². The van der Waals surface area contributed by atoms with E-state index >= 15 is 0 Å². The van der Waals surface area contributed by atoms with Gasteiger partial charge >= 0.3 is 0 Å². The van der Waals surface area contributed by atoms with Gasteiger partial charge in [-0.3, -0.25) is 0 Å². The molecule has 0 spiro atoms. The molecule has 1 fully saturated rings. The van der Waals surface area contributed by atoms with E-state index in [1.54, 1.807) is 7.11 Å². The lowest BCUT2D eigenvalue weighted by molar-refractivity contribution is 0.178. The van der Waals surface area contributed by atoms with Crippen LogP contribution < -0.4 is 10.6 Å². The molecule has 20 heavy (non-hydrogen) atoms. The van der Waals surface area contributed by atoms with Gasteiger partial charge in [0.25, 0.3) is 0 Å². The molecule has 112 valence electrons. The molecule has 1 aromatic rings. The van der Waals surface area contributed by atoms with Crippen molar-refractivity contribution in [2.24, 2.45) is 0 Å². The van der Waals surface area contributed by atoms with Crippen molar-refractivity contribution < 1.29 is 4.74 Å². The van der Waals surface area contributed by atoms with Gasteiger partial charge in [0.05, 0.1) is 0 Å². The summed E-state index contributed by atoms with van der Waals surface area (Å²) in [4.78, 5) is 11.3. The third-order valence-corrected chi connectivity index (χ3v) is 3.35. The third kappa shape index (κ3) is 4.31. The standard InChI is InChI=1S/C14H25N5O/c1-4-6-15-12-8-13(18-14(17-12)10-20-3)16-11-5-7-19(2)9-11/h8,11H,4-7,9-10H2,1-3H3,(H2,15,16,17,18). The van der Waals surface area contributed by atoms with E-state index in [9.17, 15) is 0 Å². The van der Waals surface area contributed by atoms with Gasteiger partial charge in [-0.2, -0.15) is 0 Å². The minimum Gasteiger partial charge on any atom is -0.377 e. The molecule has 2 rings (SSSR count). The van der Waals surface area contributed by atoms with Crippen molar-refractivity contribution in [1.82, 2.24) is 14.9 Å². The molecule has 1 unspecified atom stereocenters. The highest BCUT2D eigenvalue weighted by Crippen LogP contribution is 2.16. The second kappa shape index (κ2) is 7.40. The summed E-state index contributed by atoms with van der Waals surface area (Å²) in [5, 5.41) is 6.81. The van der Waals surface area contributed by atoms with Crippen LogP contribution in [-0.2, 0) is 11.3 Å². The van der Waals surface area contributed by atoms with Crippen molar-refractivity contribution >= 4 is 11.6 Å². The molecule has 1 atom stereocenters. The molecule has 1 saturated heterocycles. The molecular weight excluding hydrogens is 254 g/mol. The second-order valence-corrected chi connectivity index (χ2v) is 5.31. The molecule has 0 bridgehead atoms. The van der Waals surface area contributed by atoms with Gasteiger partial charge < -0.3 is 20.3 Å². The van der Waals surface area contributed by atoms with Crippen LogP contribution in [0.3, 0.4) is 0 Å². The first-order chi connectivity index (χ1) is 9.71. The molecule has 0 saturated carbocycles. The first kappa shape index (κ1) is 15.0. The number of ether oxygens (including phenoxy) is 1. The molecule has 1 aromatic heterocycles. The molecule has 1 aliphatic rings. The van der Waals surface area contributed by atoms with Crippen LogP contribution in [0.4, 0.5) is 11.6 Å². The first-order valence-electron chi connectivity index (χ1n) is 7.27. The van der Waals surface area contributed by atoms with Gasteiger partial charge in [-0.1, -0.05) is 6.92 Å². The zero-order valence-corrected chi connectivity index (χ0v) is 12.6. The fourth-order valence-electron chi connectivity index (χ4n) is 2.37. The summed E-state index contributed by atoms with van der Waals surface area (Å²) >= 11 is 0. The predicted octanol–water partition coefficient (Wildman–Crippen LogP) is 1.56. The summed E-state index contributed by atoms with van der Waals surface area (Å²) in [7, 11) is 3.81. The van der Waals surface area contributed by atoms with Crippen LogP contribution in [-0.4, -0.2) is 54.7 Å². The zero-order chi connectivity index (χ0) is 14.4. The van der Waals surface area contributed by atoms with E-state index in [4.69, 9.17) is 4.74 Å². The first-order valence-corrected chi connectivity index (χ1v) is 7.27. The number of hydrogen-bond acceptors (Lipinski definition) is 6. The average Bonchev–Trinajstić information content (AvgIpc) is 2.82. The number of aromatic nitrogens is 2. The van der Waals surface area contributed by atoms with E-state index in [0.29, 0.717) is 18.5 Å². The van der Waals surface area contributed by atoms with Crippen LogP contribution in [0.2, 0.25) is 0 Å². The Morgan fingerprint density at radius 1 is 1.40 bits per heavy atom. The van der Waals surface area contributed by atoms with Crippen molar-refractivity contribution in [3.05, 3.63) is 11.9 Å². The Hall–Kier alpha value is -1.40. The summed E-state index contributed by atoms with van der Waals surface area (Å²) in [6.07, 6.45) is 2.22. The van der Waals surface area contributed by atoms with E-state index in [-0.39, 0.29) is 0 Å². The highest BCUT2D eigenvalue weighted by molar-refractivity contribution is 5.48. The highest BCUT2D eigenvalue weighted by Gasteiger charge is 2.19. The smallest absolute Gasteiger partial charge is 0.158 e. The third-order valence-electron chi connectivity index (χ3n) is 3.35. The SMILES string of the molecule is CCCNc1cc(NC2CCN(C)C2)nc(COC)n1. The van der Waals surface area contributed by atoms with E-state index in [1.807, 2.05) is 6.07 Å². The number of likely N-dealkylation sites (N-methyl/N-ethyl adjacent to an activating group) is 1. The van der Waals surface area contributed by atoms with Crippen molar-refractivity contribution in [3.8, 4) is 0 Å². The lowest BCUT2D eigenvalue weighted by Gasteiger charge is -2.15. The largest absolute Gasteiger partial charge is 0.377 e. The Morgan fingerprint density at radius 3 is 2.85 bits per heavy atom. The van der Waals surface area contributed by atoms with Gasteiger partial charge in [0.2, 0.25) is 0 Å². The second-order valence-electron chi connectivity index (χ2n) is 5.31. The molecule has 0 aliphatic carbocycles. The topological polar surface area (TPSA) is 62.3 Å². The van der Waals surface area contributed by atoms with Gasteiger partial charge in [0.1, 0.15) is 18.2 Å². The predicted molar refractivity (Wildman–Crippen MR) is 81.1 cm³/mol. The molecular formula is C14H25N5O. The fourth-order valence-corrected chi connectivity index (χ4v) is 2.37. The van der Waals surface area contributed by atoms with Crippen molar-refractivity contribution in [2.45, 2.75) is 32.4 Å². The summed E-state index contributed by atoms with van der Waals surface area (Å²) in [5.41, 5.74) is 0. The van der Waals surface area contributed by atoms with Gasteiger partial charge in [0.15, 0.2) is 5.82 Å². The maximum Gasteiger partial charge on any atom is 0.158 e. The quantitative estimate of drug-likeness (QED) is 0.790. The maximum absolute atomic E-state index is 5.14. The number of nitrogens with zero attached hydrogens (tertiary/aromatic N) is 3. The van der Waals surface area contributed by atoms with Crippen LogP contribution in [0.25, 0.3) is 0 Å². The number of methoxy groups -OCH3 is 1. The summed E-state index contributed by atoms with van der Waals surface area (Å²) in [6.45, 7) is 5.67. The Bertz CT molecular complexity index is 426. The molecule has 0 aromatic carbocycles. The highest BCUT2D eigenvalue weighted by atomic mass is 16.5. The molecule has 0 radical (unpaired) electrons. The van der Waals surface area contributed by atoms with Gasteiger partial charge in [0, 0.05) is 32.3 Å². The summed E-state index contributed by atoms with van der Waals surface area (Å²) in [6, 6.07) is 2.44. The van der Waals surface area contributed by atoms with Gasteiger partial charge in [-0.25, -0.2) is 9.97 Å². The summed E-state index contributed by atoms with van der Waals surface area (Å²) in [5.74, 6) is 2.45. The minimum atomic E-state index is 0.431. The van der Waals surface area contributed by atoms with E-state index in [2.05, 4.69) is 39.5 Å². The summed E-state index contributed by atoms with van der Waals surface area (Å²) < 4.78 is 5.14.